The van der Waals surface area contributed by atoms with E-state index in [0.29, 0.717) is 35.2 Å². The number of nitrogens with one attached hydrogen (secondary N) is 1. The molecule has 1 aliphatic rings. The van der Waals surface area contributed by atoms with E-state index in [9.17, 15) is 14.7 Å². The number of hydrogen-bond acceptors (Lipinski definition) is 5. The Morgan fingerprint density at radius 1 is 1.45 bits per heavy atom. The van der Waals surface area contributed by atoms with E-state index in [2.05, 4.69) is 15.5 Å². The molecular formula is C13H13N3O4. The monoisotopic (exact) mass is 275 g/mol. The van der Waals surface area contributed by atoms with Gasteiger partial charge in [-0.3, -0.25) is 4.79 Å². The Morgan fingerprint density at radius 3 is 2.80 bits per heavy atom. The van der Waals surface area contributed by atoms with Gasteiger partial charge in [0.15, 0.2) is 0 Å². The molecule has 1 amide bonds. The van der Waals surface area contributed by atoms with E-state index in [4.69, 9.17) is 4.52 Å². The SMILES string of the molecule is Cc1noc2ncc(C(=O)NC3(C(=O)O)CCC3)cc12. The smallest absolute Gasteiger partial charge is 0.329 e. The number of aryl methyl sites for hydroxylation is 1. The van der Waals surface area contributed by atoms with Gasteiger partial charge in [0.25, 0.3) is 11.6 Å². The largest absolute Gasteiger partial charge is 0.480 e. The average Bonchev–Trinajstić information content (AvgIpc) is 2.74. The summed E-state index contributed by atoms with van der Waals surface area (Å²) in [5, 5.41) is 16.2. The highest BCUT2D eigenvalue weighted by Gasteiger charge is 2.45. The van der Waals surface area contributed by atoms with Gasteiger partial charge in [-0.25, -0.2) is 9.78 Å². The van der Waals surface area contributed by atoms with E-state index in [1.807, 2.05) is 0 Å². The second-order valence-electron chi connectivity index (χ2n) is 5.04. The number of carbonyl (C=O) groups is 2. The van der Waals surface area contributed by atoms with Crippen LogP contribution in [0.4, 0.5) is 0 Å². The van der Waals surface area contributed by atoms with E-state index in [1.54, 1.807) is 13.0 Å². The number of carbonyl (C=O) groups excluding carboxylic acids is 1. The first-order valence-electron chi connectivity index (χ1n) is 6.30. The van der Waals surface area contributed by atoms with Crippen molar-refractivity contribution in [1.29, 1.82) is 0 Å². The summed E-state index contributed by atoms with van der Waals surface area (Å²) >= 11 is 0. The lowest BCUT2D eigenvalue weighted by Gasteiger charge is -2.38. The number of carboxylic acid groups (broad SMARTS) is 1. The molecule has 0 saturated heterocycles. The quantitative estimate of drug-likeness (QED) is 0.873. The Balaban J connectivity index is 1.88. The van der Waals surface area contributed by atoms with Crippen LogP contribution < -0.4 is 5.32 Å². The summed E-state index contributed by atoms with van der Waals surface area (Å²) in [6.45, 7) is 1.75. The predicted molar refractivity (Wildman–Crippen MR) is 68.2 cm³/mol. The zero-order chi connectivity index (χ0) is 14.3. The molecule has 1 fully saturated rings. The van der Waals surface area contributed by atoms with Crippen LogP contribution in [0.5, 0.6) is 0 Å². The van der Waals surface area contributed by atoms with Crippen LogP contribution in [-0.2, 0) is 4.79 Å². The van der Waals surface area contributed by atoms with Crippen molar-refractivity contribution in [1.82, 2.24) is 15.5 Å². The molecule has 0 aliphatic heterocycles. The normalized spacial score (nSPS) is 16.6. The highest BCUT2D eigenvalue weighted by atomic mass is 16.5. The molecule has 2 heterocycles. The molecule has 3 rings (SSSR count). The van der Waals surface area contributed by atoms with Crippen molar-refractivity contribution in [2.75, 3.05) is 0 Å². The Kier molecular flexibility index (Phi) is 2.70. The van der Waals surface area contributed by atoms with Gasteiger partial charge in [-0.2, -0.15) is 0 Å². The third-order valence-electron chi connectivity index (χ3n) is 3.74. The fraction of sp³-hybridized carbons (Fsp3) is 0.385. The summed E-state index contributed by atoms with van der Waals surface area (Å²) in [5.74, 6) is -1.44. The Bertz CT molecular complexity index is 703. The van der Waals surface area contributed by atoms with Gasteiger partial charge in [0, 0.05) is 6.20 Å². The first-order chi connectivity index (χ1) is 9.52. The van der Waals surface area contributed by atoms with Crippen LogP contribution in [0.1, 0.15) is 35.3 Å². The molecule has 7 heteroatoms. The van der Waals surface area contributed by atoms with Gasteiger partial charge in [0.2, 0.25) is 0 Å². The molecule has 2 aromatic heterocycles. The fourth-order valence-electron chi connectivity index (χ4n) is 2.28. The van der Waals surface area contributed by atoms with Crippen molar-refractivity contribution in [3.63, 3.8) is 0 Å². The molecule has 104 valence electrons. The molecule has 0 unspecified atom stereocenters. The van der Waals surface area contributed by atoms with Crippen LogP contribution in [0.2, 0.25) is 0 Å². The molecule has 0 atom stereocenters. The number of aliphatic carboxylic acids is 1. The van der Waals surface area contributed by atoms with Crippen molar-refractivity contribution in [3.05, 3.63) is 23.5 Å². The second kappa shape index (κ2) is 4.29. The van der Waals surface area contributed by atoms with Gasteiger partial charge >= 0.3 is 5.97 Å². The molecule has 0 radical (unpaired) electrons. The topological polar surface area (TPSA) is 105 Å². The van der Waals surface area contributed by atoms with Crippen molar-refractivity contribution >= 4 is 23.0 Å². The highest BCUT2D eigenvalue weighted by molar-refractivity contribution is 6.00. The first kappa shape index (κ1) is 12.6. The van der Waals surface area contributed by atoms with Crippen LogP contribution in [0, 0.1) is 6.92 Å². The van der Waals surface area contributed by atoms with Crippen molar-refractivity contribution < 1.29 is 19.2 Å². The maximum absolute atomic E-state index is 12.2. The molecule has 0 spiro atoms. The maximum atomic E-state index is 12.2. The van der Waals surface area contributed by atoms with E-state index in [1.165, 1.54) is 6.20 Å². The van der Waals surface area contributed by atoms with Gasteiger partial charge in [-0.15, -0.1) is 0 Å². The molecule has 1 saturated carbocycles. The lowest BCUT2D eigenvalue weighted by molar-refractivity contribution is -0.148. The van der Waals surface area contributed by atoms with Crippen LogP contribution >= 0.6 is 0 Å². The van der Waals surface area contributed by atoms with Gasteiger partial charge in [0.05, 0.1) is 16.6 Å². The zero-order valence-corrected chi connectivity index (χ0v) is 10.8. The summed E-state index contributed by atoms with van der Waals surface area (Å²) in [5.41, 5.74) is 0.168. The fourth-order valence-corrected chi connectivity index (χ4v) is 2.28. The first-order valence-corrected chi connectivity index (χ1v) is 6.30. The number of hydrogen-bond donors (Lipinski definition) is 2. The summed E-state index contributed by atoms with van der Waals surface area (Å²) in [6.07, 6.45) is 3.07. The van der Waals surface area contributed by atoms with Crippen molar-refractivity contribution in [2.24, 2.45) is 0 Å². The van der Waals surface area contributed by atoms with Crippen molar-refractivity contribution in [3.8, 4) is 0 Å². The standard InChI is InChI=1S/C13H13N3O4/c1-7-9-5-8(6-14-11(9)20-16-7)10(17)15-13(12(18)19)3-2-4-13/h5-6H,2-4H2,1H3,(H,15,17)(H,18,19). The average molecular weight is 275 g/mol. The van der Waals surface area contributed by atoms with Crippen LogP contribution in [-0.4, -0.2) is 32.7 Å². The van der Waals surface area contributed by atoms with Gasteiger partial charge < -0.3 is 14.9 Å². The Hall–Kier alpha value is -2.44. The third kappa shape index (κ3) is 1.82. The molecule has 2 N–H and O–H groups in total. The molecule has 7 nitrogen and oxygen atoms in total. The van der Waals surface area contributed by atoms with Gasteiger partial charge in [-0.05, 0) is 32.3 Å². The van der Waals surface area contributed by atoms with Crippen LogP contribution in [0.3, 0.4) is 0 Å². The molecule has 20 heavy (non-hydrogen) atoms. The maximum Gasteiger partial charge on any atom is 0.329 e. The van der Waals surface area contributed by atoms with E-state index < -0.39 is 17.4 Å². The highest BCUT2D eigenvalue weighted by Crippen LogP contribution is 2.32. The van der Waals surface area contributed by atoms with Gasteiger partial charge in [0.1, 0.15) is 5.54 Å². The summed E-state index contributed by atoms with van der Waals surface area (Å²) in [7, 11) is 0. The number of amides is 1. The molecule has 2 aromatic rings. The lowest BCUT2D eigenvalue weighted by Crippen LogP contribution is -2.59. The minimum absolute atomic E-state index is 0.302. The Morgan fingerprint density at radius 2 is 2.20 bits per heavy atom. The predicted octanol–water partition coefficient (Wildman–Crippen LogP) is 1.27. The minimum Gasteiger partial charge on any atom is -0.480 e. The number of rotatable bonds is 3. The molecule has 0 aromatic carbocycles. The van der Waals surface area contributed by atoms with E-state index in [-0.39, 0.29) is 0 Å². The summed E-state index contributed by atoms with van der Waals surface area (Å²) < 4.78 is 4.97. The molecular weight excluding hydrogens is 262 g/mol. The van der Waals surface area contributed by atoms with Crippen molar-refractivity contribution in [2.45, 2.75) is 31.7 Å². The molecule has 1 aliphatic carbocycles. The summed E-state index contributed by atoms with van der Waals surface area (Å²) in [6, 6.07) is 1.61. The second-order valence-corrected chi connectivity index (χ2v) is 5.04. The third-order valence-corrected chi connectivity index (χ3v) is 3.74. The van der Waals surface area contributed by atoms with E-state index >= 15 is 0 Å². The lowest BCUT2D eigenvalue weighted by atomic mass is 9.76. The minimum atomic E-state index is -1.13. The number of fused-ring (bicyclic) bond motifs is 1. The zero-order valence-electron chi connectivity index (χ0n) is 10.8. The summed E-state index contributed by atoms with van der Waals surface area (Å²) in [4.78, 5) is 27.4. The Labute approximate surface area is 114 Å². The molecule has 0 bridgehead atoms. The van der Waals surface area contributed by atoms with Gasteiger partial charge in [-0.1, -0.05) is 5.16 Å². The number of nitrogens with zero attached hydrogens (tertiary/aromatic N) is 2. The number of pyridine rings is 1. The number of carboxylic acids is 1. The van der Waals surface area contributed by atoms with Crippen LogP contribution in [0.25, 0.3) is 11.1 Å². The number of aromatic nitrogens is 2. The van der Waals surface area contributed by atoms with Crippen LogP contribution in [0.15, 0.2) is 16.8 Å². The van der Waals surface area contributed by atoms with E-state index in [0.717, 1.165) is 6.42 Å².